The molecule has 1 aliphatic heterocycles. The van der Waals surface area contributed by atoms with Crippen LogP contribution in [-0.2, 0) is 11.8 Å². The van der Waals surface area contributed by atoms with E-state index < -0.39 is 0 Å². The topological polar surface area (TPSA) is 88.8 Å². The van der Waals surface area contributed by atoms with Gasteiger partial charge in [0.2, 0.25) is 5.91 Å². The van der Waals surface area contributed by atoms with Crippen LogP contribution in [-0.4, -0.2) is 42.1 Å². The molecule has 30 heavy (non-hydrogen) atoms. The Morgan fingerprint density at radius 2 is 2.17 bits per heavy atom. The number of amides is 1. The summed E-state index contributed by atoms with van der Waals surface area (Å²) < 4.78 is 1.74. The van der Waals surface area contributed by atoms with Crippen molar-refractivity contribution in [3.8, 4) is 0 Å². The van der Waals surface area contributed by atoms with Crippen LogP contribution >= 0.6 is 11.3 Å². The summed E-state index contributed by atoms with van der Waals surface area (Å²) in [6.45, 7) is 4.61. The molecule has 1 aliphatic rings. The molecule has 0 radical (unpaired) electrons. The van der Waals surface area contributed by atoms with Crippen molar-refractivity contribution >= 4 is 34.3 Å². The highest BCUT2D eigenvalue weighted by atomic mass is 32.1. The van der Waals surface area contributed by atoms with Crippen LogP contribution in [0.25, 0.3) is 6.08 Å². The second-order valence-electron chi connectivity index (χ2n) is 7.38. The van der Waals surface area contributed by atoms with Gasteiger partial charge in [0.15, 0.2) is 5.13 Å². The molecule has 0 saturated carbocycles. The molecular weight excluding hydrogens is 398 g/mol. The number of aromatic nitrogens is 5. The van der Waals surface area contributed by atoms with Gasteiger partial charge in [-0.15, -0.1) is 11.3 Å². The number of likely N-dealkylation sites (tertiary alicyclic amines) is 1. The molecule has 0 bridgehead atoms. The number of hydrogen-bond donors (Lipinski definition) is 1. The summed E-state index contributed by atoms with van der Waals surface area (Å²) in [5, 5.41) is 8.20. The first kappa shape index (κ1) is 20.2. The van der Waals surface area contributed by atoms with Gasteiger partial charge in [-0.05, 0) is 45.3 Å². The molecule has 1 N–H and O–H groups in total. The summed E-state index contributed by atoms with van der Waals surface area (Å²) in [6, 6.07) is 3.75. The van der Waals surface area contributed by atoms with Crippen molar-refractivity contribution < 1.29 is 4.79 Å². The second-order valence-corrected chi connectivity index (χ2v) is 8.62. The van der Waals surface area contributed by atoms with Crippen molar-refractivity contribution in [2.75, 3.05) is 11.9 Å². The Labute approximate surface area is 179 Å². The molecule has 1 saturated heterocycles. The largest absolute Gasteiger partial charge is 0.331 e. The average molecular weight is 424 g/mol. The van der Waals surface area contributed by atoms with Crippen molar-refractivity contribution in [3.63, 3.8) is 0 Å². The molecule has 1 atom stereocenters. The van der Waals surface area contributed by atoms with Crippen molar-refractivity contribution in [1.82, 2.24) is 29.6 Å². The Morgan fingerprint density at radius 1 is 1.30 bits per heavy atom. The van der Waals surface area contributed by atoms with E-state index in [9.17, 15) is 4.79 Å². The first-order valence-electron chi connectivity index (χ1n) is 10.0. The smallest absolute Gasteiger partial charge is 0.247 e. The molecule has 1 amide bonds. The van der Waals surface area contributed by atoms with Gasteiger partial charge in [0, 0.05) is 43.0 Å². The molecule has 156 valence electrons. The molecule has 4 rings (SSSR count). The van der Waals surface area contributed by atoms with E-state index in [0.29, 0.717) is 11.6 Å². The minimum Gasteiger partial charge on any atom is -0.331 e. The number of rotatable bonds is 5. The molecule has 0 aliphatic carbocycles. The van der Waals surface area contributed by atoms with E-state index in [4.69, 9.17) is 0 Å². The maximum absolute atomic E-state index is 13.0. The van der Waals surface area contributed by atoms with E-state index in [-0.39, 0.29) is 11.9 Å². The van der Waals surface area contributed by atoms with Crippen molar-refractivity contribution in [3.05, 3.63) is 52.7 Å². The number of hydrogen-bond acceptors (Lipinski definition) is 7. The maximum atomic E-state index is 13.0. The Kier molecular flexibility index (Phi) is 5.89. The quantitative estimate of drug-likeness (QED) is 0.628. The summed E-state index contributed by atoms with van der Waals surface area (Å²) in [5.41, 5.74) is 1.75. The van der Waals surface area contributed by atoms with E-state index in [1.54, 1.807) is 28.3 Å². The highest BCUT2D eigenvalue weighted by molar-refractivity contribution is 7.15. The van der Waals surface area contributed by atoms with Crippen LogP contribution in [0.1, 0.15) is 47.4 Å². The summed E-state index contributed by atoms with van der Waals surface area (Å²) in [4.78, 5) is 29.5. The Balaban J connectivity index is 1.56. The Hall–Kier alpha value is -3.07. The number of carbonyl (C=O) groups is 1. The normalized spacial score (nSPS) is 16.9. The third-order valence-electron chi connectivity index (χ3n) is 5.10. The van der Waals surface area contributed by atoms with E-state index in [1.807, 2.05) is 50.2 Å². The van der Waals surface area contributed by atoms with Crippen LogP contribution in [0.5, 0.6) is 0 Å². The number of piperidine rings is 1. The maximum Gasteiger partial charge on any atom is 0.247 e. The number of nitrogens with zero attached hydrogens (tertiary/aromatic N) is 6. The summed E-state index contributed by atoms with van der Waals surface area (Å²) >= 11 is 1.58. The van der Waals surface area contributed by atoms with Gasteiger partial charge in [0.1, 0.15) is 11.6 Å². The van der Waals surface area contributed by atoms with Gasteiger partial charge in [-0.3, -0.25) is 9.48 Å². The number of nitrogens with one attached hydrogen (secondary N) is 1. The van der Waals surface area contributed by atoms with Crippen LogP contribution < -0.4 is 5.32 Å². The number of anilines is 2. The van der Waals surface area contributed by atoms with Gasteiger partial charge in [0.25, 0.3) is 0 Å². The monoisotopic (exact) mass is 423 g/mol. The predicted molar refractivity (Wildman–Crippen MR) is 117 cm³/mol. The van der Waals surface area contributed by atoms with Crippen molar-refractivity contribution in [1.29, 1.82) is 0 Å². The van der Waals surface area contributed by atoms with Crippen LogP contribution in [0.4, 0.5) is 10.9 Å². The van der Waals surface area contributed by atoms with Crippen LogP contribution in [0.2, 0.25) is 0 Å². The minimum atomic E-state index is -0.0669. The SMILES string of the molecule is Cc1nc(Nc2ncc(C)s2)cc([C@H]2CCCCN2C(=O)/C=C/c2ccnn2C)n1. The zero-order chi connectivity index (χ0) is 21.1. The van der Waals surface area contributed by atoms with Gasteiger partial charge in [-0.1, -0.05) is 0 Å². The molecule has 0 unspecified atom stereocenters. The molecule has 0 aromatic carbocycles. The Morgan fingerprint density at radius 3 is 2.90 bits per heavy atom. The Bertz CT molecular complexity index is 1070. The van der Waals surface area contributed by atoms with E-state index in [2.05, 4.69) is 25.4 Å². The molecule has 0 spiro atoms. The number of aryl methyl sites for hydroxylation is 3. The number of thiazole rings is 1. The van der Waals surface area contributed by atoms with Crippen molar-refractivity contribution in [2.24, 2.45) is 7.05 Å². The van der Waals surface area contributed by atoms with E-state index in [1.165, 1.54) is 0 Å². The zero-order valence-corrected chi connectivity index (χ0v) is 18.2. The van der Waals surface area contributed by atoms with Gasteiger partial charge in [0.05, 0.1) is 17.4 Å². The average Bonchev–Trinajstić information content (AvgIpc) is 3.33. The zero-order valence-electron chi connectivity index (χ0n) is 17.4. The molecule has 1 fully saturated rings. The lowest BCUT2D eigenvalue weighted by atomic mass is 9.98. The van der Waals surface area contributed by atoms with Crippen LogP contribution in [0, 0.1) is 13.8 Å². The van der Waals surface area contributed by atoms with Gasteiger partial charge >= 0.3 is 0 Å². The van der Waals surface area contributed by atoms with E-state index in [0.717, 1.165) is 47.2 Å². The molecule has 3 aromatic rings. The lowest BCUT2D eigenvalue weighted by Gasteiger charge is -2.35. The molecule has 4 heterocycles. The first-order chi connectivity index (χ1) is 14.5. The van der Waals surface area contributed by atoms with Crippen LogP contribution in [0.3, 0.4) is 0 Å². The fraction of sp³-hybridized carbons (Fsp3) is 0.381. The lowest BCUT2D eigenvalue weighted by Crippen LogP contribution is -2.38. The van der Waals surface area contributed by atoms with Crippen LogP contribution in [0.15, 0.2) is 30.6 Å². The molecule has 8 nitrogen and oxygen atoms in total. The summed E-state index contributed by atoms with van der Waals surface area (Å²) in [7, 11) is 1.86. The lowest BCUT2D eigenvalue weighted by molar-refractivity contribution is -0.129. The highest BCUT2D eigenvalue weighted by Gasteiger charge is 2.28. The minimum absolute atomic E-state index is 0.0118. The number of carbonyl (C=O) groups excluding carboxylic acids is 1. The van der Waals surface area contributed by atoms with Gasteiger partial charge < -0.3 is 10.2 Å². The van der Waals surface area contributed by atoms with Gasteiger partial charge in [-0.2, -0.15) is 5.10 Å². The van der Waals surface area contributed by atoms with Crippen molar-refractivity contribution in [2.45, 2.75) is 39.2 Å². The molecule has 3 aromatic heterocycles. The standard InChI is InChI=1S/C21H25N7OS/c1-14-13-22-21(30-14)26-19-12-17(24-15(2)25-19)18-6-4-5-11-28(18)20(29)8-7-16-9-10-23-27(16)3/h7-10,12-13,18H,4-6,11H2,1-3H3,(H,22,24,25,26)/b8-7+/t18-/m1/s1. The third kappa shape index (κ3) is 4.56. The van der Waals surface area contributed by atoms with Gasteiger partial charge in [-0.25, -0.2) is 15.0 Å². The fourth-order valence-corrected chi connectivity index (χ4v) is 4.32. The second kappa shape index (κ2) is 8.74. The summed E-state index contributed by atoms with van der Waals surface area (Å²) in [6.07, 6.45) is 9.93. The third-order valence-corrected chi connectivity index (χ3v) is 5.93. The first-order valence-corrected chi connectivity index (χ1v) is 10.8. The molecule has 9 heteroatoms. The summed E-state index contributed by atoms with van der Waals surface area (Å²) in [5.74, 6) is 1.36. The highest BCUT2D eigenvalue weighted by Crippen LogP contribution is 2.32. The molecular formula is C21H25N7OS. The predicted octanol–water partition coefficient (Wildman–Crippen LogP) is 3.79. The fourth-order valence-electron chi connectivity index (χ4n) is 3.65. The van der Waals surface area contributed by atoms with E-state index >= 15 is 0 Å².